The molecule has 0 rings (SSSR count). The Morgan fingerprint density at radius 3 is 2.46 bits per heavy atom. The van der Waals surface area contributed by atoms with Gasteiger partial charge in [0, 0.05) is 12.0 Å². The molecule has 78 valence electrons. The van der Waals surface area contributed by atoms with Crippen LogP contribution in [0.5, 0.6) is 0 Å². The zero-order valence-corrected chi connectivity index (χ0v) is 7.63. The number of carboxylic acids is 1. The van der Waals surface area contributed by atoms with E-state index < -0.39 is 18.2 Å². The van der Waals surface area contributed by atoms with Crippen molar-refractivity contribution in [2.75, 3.05) is 13.2 Å². The SMILES string of the molecule is NCCCC(N)(CF)CCC(=O)O. The lowest BCUT2D eigenvalue weighted by molar-refractivity contribution is -0.137. The Morgan fingerprint density at radius 2 is 2.08 bits per heavy atom. The fraction of sp³-hybridized carbons (Fsp3) is 0.875. The Kier molecular flexibility index (Phi) is 5.57. The van der Waals surface area contributed by atoms with Crippen LogP contribution in [0.25, 0.3) is 0 Å². The van der Waals surface area contributed by atoms with E-state index in [-0.39, 0.29) is 12.8 Å². The quantitative estimate of drug-likeness (QED) is 0.539. The predicted molar refractivity (Wildman–Crippen MR) is 48.1 cm³/mol. The standard InChI is InChI=1S/C8H17FN2O2/c9-6-8(11,3-1-5-10)4-2-7(12)13/h1-6,10-11H2,(H,12,13). The van der Waals surface area contributed by atoms with Gasteiger partial charge in [-0.15, -0.1) is 0 Å². The van der Waals surface area contributed by atoms with Gasteiger partial charge in [0.15, 0.2) is 0 Å². The highest BCUT2D eigenvalue weighted by Gasteiger charge is 2.24. The summed E-state index contributed by atoms with van der Waals surface area (Å²) in [6, 6.07) is 0. The fourth-order valence-electron chi connectivity index (χ4n) is 1.07. The molecule has 0 aliphatic rings. The van der Waals surface area contributed by atoms with Crippen molar-refractivity contribution in [1.82, 2.24) is 0 Å². The second kappa shape index (κ2) is 5.88. The Balaban J connectivity index is 3.87. The van der Waals surface area contributed by atoms with Gasteiger partial charge in [0.25, 0.3) is 0 Å². The molecule has 5 heteroatoms. The van der Waals surface area contributed by atoms with Crippen molar-refractivity contribution in [2.24, 2.45) is 11.5 Å². The van der Waals surface area contributed by atoms with Crippen LogP contribution in [-0.2, 0) is 4.79 Å². The largest absolute Gasteiger partial charge is 0.481 e. The molecule has 0 radical (unpaired) electrons. The molecule has 0 aromatic heterocycles. The number of halogens is 1. The van der Waals surface area contributed by atoms with E-state index in [9.17, 15) is 9.18 Å². The normalized spacial score (nSPS) is 15.3. The lowest BCUT2D eigenvalue weighted by Gasteiger charge is -2.25. The van der Waals surface area contributed by atoms with E-state index in [2.05, 4.69) is 0 Å². The number of hydrogen-bond donors (Lipinski definition) is 3. The molecule has 0 aromatic rings. The third kappa shape index (κ3) is 5.54. The van der Waals surface area contributed by atoms with Crippen molar-refractivity contribution in [3.8, 4) is 0 Å². The highest BCUT2D eigenvalue weighted by atomic mass is 19.1. The minimum atomic E-state index is -1.00. The summed E-state index contributed by atoms with van der Waals surface area (Å²) in [5.74, 6) is -0.948. The molecule has 0 fully saturated rings. The van der Waals surface area contributed by atoms with Crippen LogP contribution in [0.1, 0.15) is 25.7 Å². The lowest BCUT2D eigenvalue weighted by Crippen LogP contribution is -2.43. The van der Waals surface area contributed by atoms with Crippen LogP contribution in [0.15, 0.2) is 0 Å². The minimum absolute atomic E-state index is 0.0923. The molecule has 1 unspecified atom stereocenters. The van der Waals surface area contributed by atoms with Gasteiger partial charge in [0.1, 0.15) is 6.67 Å². The summed E-state index contributed by atoms with van der Waals surface area (Å²) < 4.78 is 12.5. The second-order valence-electron chi connectivity index (χ2n) is 3.28. The van der Waals surface area contributed by atoms with E-state index in [1.807, 2.05) is 0 Å². The third-order valence-corrected chi connectivity index (χ3v) is 1.98. The van der Waals surface area contributed by atoms with Gasteiger partial charge in [-0.3, -0.25) is 4.79 Å². The van der Waals surface area contributed by atoms with Gasteiger partial charge in [-0.05, 0) is 25.8 Å². The van der Waals surface area contributed by atoms with Gasteiger partial charge < -0.3 is 16.6 Å². The summed E-state index contributed by atoms with van der Waals surface area (Å²) in [6.45, 7) is -0.244. The van der Waals surface area contributed by atoms with Crippen molar-refractivity contribution in [1.29, 1.82) is 0 Å². The first-order valence-corrected chi connectivity index (χ1v) is 4.31. The average molecular weight is 192 g/mol. The monoisotopic (exact) mass is 192 g/mol. The van der Waals surface area contributed by atoms with Crippen LogP contribution in [0.3, 0.4) is 0 Å². The molecule has 0 saturated carbocycles. The summed E-state index contributed by atoms with van der Waals surface area (Å²) in [5, 5.41) is 8.40. The van der Waals surface area contributed by atoms with Crippen molar-refractivity contribution in [3.05, 3.63) is 0 Å². The van der Waals surface area contributed by atoms with Crippen LogP contribution in [0.4, 0.5) is 4.39 Å². The smallest absolute Gasteiger partial charge is 0.303 e. The molecule has 0 aromatic carbocycles. The third-order valence-electron chi connectivity index (χ3n) is 1.98. The van der Waals surface area contributed by atoms with Gasteiger partial charge in [-0.2, -0.15) is 0 Å². The summed E-state index contributed by atoms with van der Waals surface area (Å²) >= 11 is 0. The number of hydrogen-bond acceptors (Lipinski definition) is 3. The van der Waals surface area contributed by atoms with Crippen LogP contribution in [0, 0.1) is 0 Å². The number of aliphatic carboxylic acids is 1. The van der Waals surface area contributed by atoms with Crippen molar-refractivity contribution in [3.63, 3.8) is 0 Å². The molecule has 1 atom stereocenters. The van der Waals surface area contributed by atoms with Crippen LogP contribution >= 0.6 is 0 Å². The first kappa shape index (κ1) is 12.3. The highest BCUT2D eigenvalue weighted by Crippen LogP contribution is 2.16. The van der Waals surface area contributed by atoms with E-state index in [0.29, 0.717) is 19.4 Å². The maximum Gasteiger partial charge on any atom is 0.303 e. The Morgan fingerprint density at radius 1 is 1.46 bits per heavy atom. The van der Waals surface area contributed by atoms with E-state index in [1.54, 1.807) is 0 Å². The molecule has 0 spiro atoms. The number of carboxylic acid groups (broad SMARTS) is 1. The molecule has 4 nitrogen and oxygen atoms in total. The highest BCUT2D eigenvalue weighted by molar-refractivity contribution is 5.66. The minimum Gasteiger partial charge on any atom is -0.481 e. The van der Waals surface area contributed by atoms with E-state index >= 15 is 0 Å². The molecular weight excluding hydrogens is 175 g/mol. The van der Waals surface area contributed by atoms with Gasteiger partial charge >= 0.3 is 5.97 Å². The molecule has 0 bridgehead atoms. The Bertz CT molecular complexity index is 166. The average Bonchev–Trinajstić information content (AvgIpc) is 2.11. The fourth-order valence-corrected chi connectivity index (χ4v) is 1.07. The number of alkyl halides is 1. The summed E-state index contributed by atoms with van der Waals surface area (Å²) in [5.41, 5.74) is 9.89. The maximum atomic E-state index is 12.5. The van der Waals surface area contributed by atoms with Crippen LogP contribution in [-0.4, -0.2) is 29.8 Å². The van der Waals surface area contributed by atoms with Crippen molar-refractivity contribution >= 4 is 5.97 Å². The number of rotatable bonds is 7. The molecule has 0 heterocycles. The van der Waals surface area contributed by atoms with Gasteiger partial charge in [-0.1, -0.05) is 0 Å². The molecule has 0 aliphatic heterocycles. The topological polar surface area (TPSA) is 89.3 Å². The van der Waals surface area contributed by atoms with Crippen molar-refractivity contribution < 1.29 is 14.3 Å². The molecule has 13 heavy (non-hydrogen) atoms. The van der Waals surface area contributed by atoms with Crippen molar-refractivity contribution in [2.45, 2.75) is 31.2 Å². The van der Waals surface area contributed by atoms with Gasteiger partial charge in [0.2, 0.25) is 0 Å². The first-order chi connectivity index (χ1) is 6.04. The predicted octanol–water partition coefficient (Wildman–Crippen LogP) is 0.257. The molecular formula is C8H17FN2O2. The molecule has 0 amide bonds. The maximum absolute atomic E-state index is 12.5. The Labute approximate surface area is 77.1 Å². The van der Waals surface area contributed by atoms with E-state index in [4.69, 9.17) is 16.6 Å². The molecule has 0 aliphatic carbocycles. The van der Waals surface area contributed by atoms with Gasteiger partial charge in [0.05, 0.1) is 0 Å². The zero-order valence-electron chi connectivity index (χ0n) is 7.63. The summed E-state index contributed by atoms with van der Waals surface area (Å²) in [6.07, 6.45) is 1.14. The zero-order chi connectivity index (χ0) is 10.3. The number of carbonyl (C=O) groups is 1. The van der Waals surface area contributed by atoms with E-state index in [0.717, 1.165) is 0 Å². The van der Waals surface area contributed by atoms with E-state index in [1.165, 1.54) is 0 Å². The molecule has 5 N–H and O–H groups in total. The van der Waals surface area contributed by atoms with Gasteiger partial charge in [-0.25, -0.2) is 4.39 Å². The second-order valence-corrected chi connectivity index (χ2v) is 3.28. The molecule has 0 saturated heterocycles. The number of nitrogens with two attached hydrogens (primary N) is 2. The first-order valence-electron chi connectivity index (χ1n) is 4.31. The lowest BCUT2D eigenvalue weighted by atomic mass is 9.91. The summed E-state index contributed by atoms with van der Waals surface area (Å²) in [4.78, 5) is 10.2. The van der Waals surface area contributed by atoms with Crippen LogP contribution in [0.2, 0.25) is 0 Å². The summed E-state index contributed by atoms with van der Waals surface area (Å²) in [7, 11) is 0. The van der Waals surface area contributed by atoms with Crippen LogP contribution < -0.4 is 11.5 Å². The Hall–Kier alpha value is -0.680.